The Morgan fingerprint density at radius 2 is 2.00 bits per heavy atom. The van der Waals surface area contributed by atoms with E-state index in [1.54, 1.807) is 24.0 Å². The number of carbonyl (C=O) groups excluding carboxylic acids is 2. The second-order valence-electron chi connectivity index (χ2n) is 5.53. The molecule has 2 unspecified atom stereocenters. The number of carbonyl (C=O) groups is 2. The Labute approximate surface area is 117 Å². The first-order chi connectivity index (χ1) is 9.50. The van der Waals surface area contributed by atoms with Crippen molar-refractivity contribution in [2.45, 2.75) is 38.8 Å². The van der Waals surface area contributed by atoms with E-state index in [-0.39, 0.29) is 17.5 Å². The predicted octanol–water partition coefficient (Wildman–Crippen LogP) is 1.86. The van der Waals surface area contributed by atoms with Crippen LogP contribution in [0, 0.1) is 12.7 Å². The summed E-state index contributed by atoms with van der Waals surface area (Å²) in [6.07, 6.45) is 1.50. The van der Waals surface area contributed by atoms with Crippen molar-refractivity contribution in [2.24, 2.45) is 0 Å². The molecule has 3 rings (SSSR count). The van der Waals surface area contributed by atoms with Crippen LogP contribution in [0.4, 0.5) is 10.1 Å². The zero-order chi connectivity index (χ0) is 14.4. The van der Waals surface area contributed by atoms with Gasteiger partial charge in [0.2, 0.25) is 5.91 Å². The van der Waals surface area contributed by atoms with Crippen molar-refractivity contribution in [2.75, 3.05) is 11.4 Å². The molecule has 1 aromatic carbocycles. The minimum atomic E-state index is -0.645. The van der Waals surface area contributed by atoms with Gasteiger partial charge < -0.3 is 4.90 Å². The number of rotatable bonds is 1. The fourth-order valence-corrected chi connectivity index (χ4v) is 3.12. The quantitative estimate of drug-likeness (QED) is 0.785. The number of aryl methyl sites for hydroxylation is 1. The largest absolute Gasteiger partial charge is 0.329 e. The molecular formula is C15H17FN2O2. The lowest BCUT2D eigenvalue weighted by molar-refractivity contribution is -0.143. The summed E-state index contributed by atoms with van der Waals surface area (Å²) in [6.45, 7) is 4.13. The fraction of sp³-hybridized carbons (Fsp3) is 0.467. The van der Waals surface area contributed by atoms with Crippen molar-refractivity contribution in [1.82, 2.24) is 4.90 Å². The Morgan fingerprint density at radius 3 is 2.75 bits per heavy atom. The number of hydrogen-bond donors (Lipinski definition) is 0. The molecule has 2 amide bonds. The first-order valence-electron chi connectivity index (χ1n) is 6.90. The standard InChI is InChI=1S/C15H17FN2O2/c1-9-5-6-11(16)13(8-9)18-10(2)14(19)17-7-3-4-12(17)15(18)20/h5-6,8,10,12H,3-4,7H2,1-2H3. The third-order valence-corrected chi connectivity index (χ3v) is 4.16. The van der Waals surface area contributed by atoms with Gasteiger partial charge in [0.15, 0.2) is 0 Å². The Bertz CT molecular complexity index is 587. The van der Waals surface area contributed by atoms with Gasteiger partial charge in [-0.2, -0.15) is 0 Å². The minimum Gasteiger partial charge on any atom is -0.329 e. The molecule has 1 aromatic rings. The molecule has 2 fully saturated rings. The van der Waals surface area contributed by atoms with Crippen LogP contribution in [-0.4, -0.2) is 35.3 Å². The lowest BCUT2D eigenvalue weighted by Crippen LogP contribution is -2.62. The summed E-state index contributed by atoms with van der Waals surface area (Å²) in [6, 6.07) is 3.56. The zero-order valence-corrected chi connectivity index (χ0v) is 11.6. The van der Waals surface area contributed by atoms with Gasteiger partial charge in [-0.25, -0.2) is 4.39 Å². The second kappa shape index (κ2) is 4.58. The van der Waals surface area contributed by atoms with E-state index in [4.69, 9.17) is 0 Å². The maximum Gasteiger partial charge on any atom is 0.250 e. The highest BCUT2D eigenvalue weighted by Gasteiger charge is 2.47. The molecular weight excluding hydrogens is 259 g/mol. The lowest BCUT2D eigenvalue weighted by atomic mass is 10.0. The van der Waals surface area contributed by atoms with Crippen molar-refractivity contribution in [3.8, 4) is 0 Å². The number of hydrogen-bond acceptors (Lipinski definition) is 2. The Morgan fingerprint density at radius 1 is 1.25 bits per heavy atom. The number of nitrogens with zero attached hydrogens (tertiary/aromatic N) is 2. The predicted molar refractivity (Wildman–Crippen MR) is 72.8 cm³/mol. The number of amides is 2. The summed E-state index contributed by atoms with van der Waals surface area (Å²) in [5, 5.41) is 0. The van der Waals surface area contributed by atoms with Crippen molar-refractivity contribution in [3.05, 3.63) is 29.6 Å². The molecule has 20 heavy (non-hydrogen) atoms. The van der Waals surface area contributed by atoms with E-state index >= 15 is 0 Å². The van der Waals surface area contributed by atoms with Crippen LogP contribution in [0.25, 0.3) is 0 Å². The molecule has 0 aromatic heterocycles. The molecule has 0 spiro atoms. The van der Waals surface area contributed by atoms with Crippen LogP contribution in [-0.2, 0) is 9.59 Å². The number of piperazine rings is 1. The second-order valence-corrected chi connectivity index (χ2v) is 5.53. The minimum absolute atomic E-state index is 0.0898. The van der Waals surface area contributed by atoms with Gasteiger partial charge >= 0.3 is 0 Å². The van der Waals surface area contributed by atoms with Gasteiger partial charge in [-0.05, 0) is 44.4 Å². The van der Waals surface area contributed by atoms with Crippen molar-refractivity contribution in [3.63, 3.8) is 0 Å². The third-order valence-electron chi connectivity index (χ3n) is 4.16. The highest BCUT2D eigenvalue weighted by Crippen LogP contribution is 2.32. The summed E-state index contributed by atoms with van der Waals surface area (Å²) < 4.78 is 14.1. The molecule has 2 aliphatic rings. The topological polar surface area (TPSA) is 40.6 Å². The molecule has 2 atom stereocenters. The maximum absolute atomic E-state index is 14.1. The van der Waals surface area contributed by atoms with Gasteiger partial charge in [0.05, 0.1) is 5.69 Å². The maximum atomic E-state index is 14.1. The van der Waals surface area contributed by atoms with Crippen LogP contribution >= 0.6 is 0 Å². The van der Waals surface area contributed by atoms with E-state index in [1.165, 1.54) is 11.0 Å². The highest BCUT2D eigenvalue weighted by atomic mass is 19.1. The first kappa shape index (κ1) is 13.1. The normalized spacial score (nSPS) is 26.1. The van der Waals surface area contributed by atoms with Gasteiger partial charge in [0.25, 0.3) is 5.91 Å². The highest BCUT2D eigenvalue weighted by molar-refractivity contribution is 6.08. The molecule has 0 saturated carbocycles. The van der Waals surface area contributed by atoms with E-state index < -0.39 is 17.9 Å². The van der Waals surface area contributed by atoms with E-state index in [9.17, 15) is 14.0 Å². The molecule has 106 valence electrons. The molecule has 2 aliphatic heterocycles. The Kier molecular flexibility index (Phi) is 3.00. The van der Waals surface area contributed by atoms with E-state index in [1.807, 2.05) is 6.92 Å². The monoisotopic (exact) mass is 276 g/mol. The number of fused-ring (bicyclic) bond motifs is 1. The third kappa shape index (κ3) is 1.80. The molecule has 0 radical (unpaired) electrons. The molecule has 5 heteroatoms. The van der Waals surface area contributed by atoms with E-state index in [2.05, 4.69) is 0 Å². The zero-order valence-electron chi connectivity index (χ0n) is 11.6. The molecule has 2 heterocycles. The molecule has 0 bridgehead atoms. The number of benzene rings is 1. The summed E-state index contributed by atoms with van der Waals surface area (Å²) >= 11 is 0. The van der Waals surface area contributed by atoms with Gasteiger partial charge in [-0.3, -0.25) is 14.5 Å². The van der Waals surface area contributed by atoms with E-state index in [0.717, 1.165) is 12.0 Å². The van der Waals surface area contributed by atoms with Crippen LogP contribution in [0.3, 0.4) is 0 Å². The van der Waals surface area contributed by atoms with Gasteiger partial charge in [0.1, 0.15) is 17.9 Å². The molecule has 0 N–H and O–H groups in total. The SMILES string of the molecule is Cc1ccc(F)c(N2C(=O)C3CCCN3C(=O)C2C)c1. The van der Waals surface area contributed by atoms with Crippen molar-refractivity contribution in [1.29, 1.82) is 0 Å². The van der Waals surface area contributed by atoms with Crippen LogP contribution in [0.15, 0.2) is 18.2 Å². The first-order valence-corrected chi connectivity index (χ1v) is 6.90. The lowest BCUT2D eigenvalue weighted by Gasteiger charge is -2.41. The molecule has 4 nitrogen and oxygen atoms in total. The van der Waals surface area contributed by atoms with Crippen LogP contribution in [0.5, 0.6) is 0 Å². The van der Waals surface area contributed by atoms with Crippen LogP contribution < -0.4 is 4.90 Å². The van der Waals surface area contributed by atoms with E-state index in [0.29, 0.717) is 13.0 Å². The van der Waals surface area contributed by atoms with Gasteiger partial charge in [0, 0.05) is 6.54 Å². The average molecular weight is 276 g/mol. The average Bonchev–Trinajstić information content (AvgIpc) is 2.90. The number of anilines is 1. The molecule has 2 saturated heterocycles. The smallest absolute Gasteiger partial charge is 0.250 e. The summed E-state index contributed by atoms with van der Waals surface area (Å²) in [5.41, 5.74) is 1.07. The van der Waals surface area contributed by atoms with Crippen LogP contribution in [0.2, 0.25) is 0 Å². The van der Waals surface area contributed by atoms with Crippen LogP contribution in [0.1, 0.15) is 25.3 Å². The number of halogens is 1. The molecule has 0 aliphatic carbocycles. The van der Waals surface area contributed by atoms with Gasteiger partial charge in [-0.15, -0.1) is 0 Å². The summed E-state index contributed by atoms with van der Waals surface area (Å²) in [7, 11) is 0. The summed E-state index contributed by atoms with van der Waals surface area (Å²) in [4.78, 5) is 27.9. The van der Waals surface area contributed by atoms with Gasteiger partial charge in [-0.1, -0.05) is 6.07 Å². The Hall–Kier alpha value is -1.91. The Balaban J connectivity index is 2.05. The van der Waals surface area contributed by atoms with Crippen molar-refractivity contribution >= 4 is 17.5 Å². The summed E-state index contributed by atoms with van der Waals surface area (Å²) in [5.74, 6) is -0.720. The fourth-order valence-electron chi connectivity index (χ4n) is 3.12. The van der Waals surface area contributed by atoms with Crippen molar-refractivity contribution < 1.29 is 14.0 Å².